The fraction of sp³-hybridized carbons (Fsp3) is 0.211. The van der Waals surface area contributed by atoms with Gasteiger partial charge in [-0.1, -0.05) is 6.07 Å². The summed E-state index contributed by atoms with van der Waals surface area (Å²) < 4.78 is 12.9. The molecule has 26 heavy (non-hydrogen) atoms. The highest BCUT2D eigenvalue weighted by atomic mass is 32.1. The number of thiocarbonyl (C=S) groups is 1. The number of halogens is 1. The van der Waals surface area contributed by atoms with Gasteiger partial charge >= 0.3 is 0 Å². The van der Waals surface area contributed by atoms with Crippen molar-refractivity contribution >= 4 is 40.5 Å². The molecule has 3 rings (SSSR count). The van der Waals surface area contributed by atoms with Crippen LogP contribution in [0.4, 0.5) is 15.8 Å². The molecule has 134 valence electrons. The zero-order chi connectivity index (χ0) is 18.7. The average molecular weight is 371 g/mol. The molecule has 0 saturated heterocycles. The number of carbonyl (C=O) groups is 2. The van der Waals surface area contributed by atoms with Crippen LogP contribution < -0.4 is 16.0 Å². The van der Waals surface area contributed by atoms with Gasteiger partial charge in [0, 0.05) is 22.9 Å². The molecule has 0 atom stereocenters. The van der Waals surface area contributed by atoms with E-state index >= 15 is 0 Å². The third kappa shape index (κ3) is 4.43. The first-order valence-electron chi connectivity index (χ1n) is 8.22. The zero-order valence-electron chi connectivity index (χ0n) is 14.1. The summed E-state index contributed by atoms with van der Waals surface area (Å²) in [6, 6.07) is 10.6. The molecular formula is C19H18FN3O2S. The SMILES string of the molecule is Cc1c(NC(=O)C2CC2)cccc1NC(=S)NC(=O)c1ccc(F)cc1. The van der Waals surface area contributed by atoms with Crippen LogP contribution in [0.5, 0.6) is 0 Å². The lowest BCUT2D eigenvalue weighted by Gasteiger charge is -2.15. The highest BCUT2D eigenvalue weighted by molar-refractivity contribution is 7.80. The minimum Gasteiger partial charge on any atom is -0.332 e. The molecule has 1 fully saturated rings. The lowest BCUT2D eigenvalue weighted by atomic mass is 10.1. The largest absolute Gasteiger partial charge is 0.332 e. The van der Waals surface area contributed by atoms with Gasteiger partial charge < -0.3 is 10.6 Å². The van der Waals surface area contributed by atoms with Crippen molar-refractivity contribution in [3.63, 3.8) is 0 Å². The molecule has 1 saturated carbocycles. The Hall–Kier alpha value is -2.80. The Labute approximate surface area is 156 Å². The highest BCUT2D eigenvalue weighted by Crippen LogP contribution is 2.31. The Morgan fingerprint density at radius 1 is 1.04 bits per heavy atom. The van der Waals surface area contributed by atoms with Gasteiger partial charge in [-0.2, -0.15) is 0 Å². The van der Waals surface area contributed by atoms with Gasteiger partial charge in [-0.3, -0.25) is 14.9 Å². The van der Waals surface area contributed by atoms with E-state index in [0.29, 0.717) is 16.9 Å². The molecule has 5 nitrogen and oxygen atoms in total. The first kappa shape index (κ1) is 18.0. The summed E-state index contributed by atoms with van der Waals surface area (Å²) in [5, 5.41) is 8.54. The second-order valence-electron chi connectivity index (χ2n) is 6.16. The van der Waals surface area contributed by atoms with Crippen LogP contribution in [-0.2, 0) is 4.79 Å². The normalized spacial score (nSPS) is 13.0. The van der Waals surface area contributed by atoms with Crippen molar-refractivity contribution in [1.29, 1.82) is 0 Å². The Bertz CT molecular complexity index is 864. The quantitative estimate of drug-likeness (QED) is 0.718. The summed E-state index contributed by atoms with van der Waals surface area (Å²) in [4.78, 5) is 24.1. The van der Waals surface area contributed by atoms with Crippen LogP contribution in [0.25, 0.3) is 0 Å². The molecular weight excluding hydrogens is 353 g/mol. The summed E-state index contributed by atoms with van der Waals surface area (Å²) >= 11 is 5.18. The molecule has 0 heterocycles. The lowest BCUT2D eigenvalue weighted by Crippen LogP contribution is -2.34. The Morgan fingerprint density at radius 3 is 2.27 bits per heavy atom. The molecule has 1 aliphatic rings. The van der Waals surface area contributed by atoms with E-state index < -0.39 is 11.7 Å². The molecule has 2 amide bonds. The third-order valence-electron chi connectivity index (χ3n) is 4.12. The minimum atomic E-state index is -0.432. The number of benzene rings is 2. The molecule has 0 aromatic heterocycles. The van der Waals surface area contributed by atoms with Gasteiger partial charge in [-0.05, 0) is 73.9 Å². The number of hydrogen-bond donors (Lipinski definition) is 3. The molecule has 0 aliphatic heterocycles. The molecule has 2 aromatic rings. The number of hydrogen-bond acceptors (Lipinski definition) is 3. The smallest absolute Gasteiger partial charge is 0.257 e. The Morgan fingerprint density at radius 2 is 1.65 bits per heavy atom. The third-order valence-corrected chi connectivity index (χ3v) is 4.33. The molecule has 0 spiro atoms. The van der Waals surface area contributed by atoms with Gasteiger partial charge in [-0.25, -0.2) is 4.39 Å². The summed E-state index contributed by atoms with van der Waals surface area (Å²) in [6.07, 6.45) is 1.87. The van der Waals surface area contributed by atoms with Crippen LogP contribution in [0, 0.1) is 18.7 Å². The fourth-order valence-electron chi connectivity index (χ4n) is 2.42. The van der Waals surface area contributed by atoms with E-state index in [2.05, 4.69) is 16.0 Å². The molecule has 1 aliphatic carbocycles. The van der Waals surface area contributed by atoms with Gasteiger partial charge in [0.15, 0.2) is 5.11 Å². The van der Waals surface area contributed by atoms with Gasteiger partial charge in [0.1, 0.15) is 5.82 Å². The first-order valence-corrected chi connectivity index (χ1v) is 8.63. The van der Waals surface area contributed by atoms with E-state index in [1.807, 2.05) is 13.0 Å². The van der Waals surface area contributed by atoms with Crippen molar-refractivity contribution < 1.29 is 14.0 Å². The molecule has 2 aromatic carbocycles. The van der Waals surface area contributed by atoms with E-state index in [9.17, 15) is 14.0 Å². The standard InChI is InChI=1S/C19H18FN3O2S/c1-11-15(21-17(24)12-5-6-12)3-2-4-16(11)22-19(26)23-18(25)13-7-9-14(20)10-8-13/h2-4,7-10,12H,5-6H2,1H3,(H,21,24)(H2,22,23,25,26). The van der Waals surface area contributed by atoms with Gasteiger partial charge in [0.25, 0.3) is 5.91 Å². The second kappa shape index (κ2) is 7.61. The van der Waals surface area contributed by atoms with Crippen molar-refractivity contribution in [3.05, 3.63) is 59.4 Å². The summed E-state index contributed by atoms with van der Waals surface area (Å²) in [5.74, 6) is -0.708. The Kier molecular flexibility index (Phi) is 5.27. The van der Waals surface area contributed by atoms with Gasteiger partial charge in [0.05, 0.1) is 0 Å². The van der Waals surface area contributed by atoms with E-state index in [-0.39, 0.29) is 16.9 Å². The number of anilines is 2. The number of nitrogens with one attached hydrogen (secondary N) is 3. The van der Waals surface area contributed by atoms with E-state index in [4.69, 9.17) is 12.2 Å². The predicted molar refractivity (Wildman–Crippen MR) is 103 cm³/mol. The lowest BCUT2D eigenvalue weighted by molar-refractivity contribution is -0.117. The van der Waals surface area contributed by atoms with E-state index in [1.54, 1.807) is 12.1 Å². The number of amides is 2. The minimum absolute atomic E-state index is 0.0254. The van der Waals surface area contributed by atoms with Gasteiger partial charge in [-0.15, -0.1) is 0 Å². The molecule has 0 bridgehead atoms. The zero-order valence-corrected chi connectivity index (χ0v) is 15.0. The molecule has 0 radical (unpaired) electrons. The monoisotopic (exact) mass is 371 g/mol. The van der Waals surface area contributed by atoms with Crippen LogP contribution in [0.3, 0.4) is 0 Å². The maximum Gasteiger partial charge on any atom is 0.257 e. The number of rotatable bonds is 4. The number of carbonyl (C=O) groups excluding carboxylic acids is 2. The summed E-state index contributed by atoms with van der Waals surface area (Å²) in [7, 11) is 0. The van der Waals surface area contributed by atoms with Gasteiger partial charge in [0.2, 0.25) is 5.91 Å². The maximum absolute atomic E-state index is 12.9. The van der Waals surface area contributed by atoms with Crippen molar-refractivity contribution in [2.45, 2.75) is 19.8 Å². The maximum atomic E-state index is 12.9. The first-order chi connectivity index (χ1) is 12.4. The van der Waals surface area contributed by atoms with Crippen molar-refractivity contribution in [2.75, 3.05) is 10.6 Å². The van der Waals surface area contributed by atoms with Crippen LogP contribution in [0.1, 0.15) is 28.8 Å². The van der Waals surface area contributed by atoms with Crippen LogP contribution in [0.15, 0.2) is 42.5 Å². The van der Waals surface area contributed by atoms with E-state index in [1.165, 1.54) is 24.3 Å². The van der Waals surface area contributed by atoms with Crippen LogP contribution >= 0.6 is 12.2 Å². The Balaban J connectivity index is 1.64. The van der Waals surface area contributed by atoms with Crippen LogP contribution in [0.2, 0.25) is 0 Å². The predicted octanol–water partition coefficient (Wildman–Crippen LogP) is 3.61. The van der Waals surface area contributed by atoms with Crippen LogP contribution in [-0.4, -0.2) is 16.9 Å². The van der Waals surface area contributed by atoms with E-state index in [0.717, 1.165) is 18.4 Å². The fourth-order valence-corrected chi connectivity index (χ4v) is 2.62. The topological polar surface area (TPSA) is 70.2 Å². The van der Waals surface area contributed by atoms with Crippen molar-refractivity contribution in [1.82, 2.24) is 5.32 Å². The molecule has 0 unspecified atom stereocenters. The summed E-state index contributed by atoms with van der Waals surface area (Å²) in [5.41, 5.74) is 2.51. The second-order valence-corrected chi connectivity index (χ2v) is 6.57. The highest BCUT2D eigenvalue weighted by Gasteiger charge is 2.29. The van der Waals surface area contributed by atoms with Crippen molar-refractivity contribution in [2.24, 2.45) is 5.92 Å². The van der Waals surface area contributed by atoms with Crippen molar-refractivity contribution in [3.8, 4) is 0 Å². The molecule has 3 N–H and O–H groups in total. The average Bonchev–Trinajstić information content (AvgIpc) is 3.44. The summed E-state index contributed by atoms with van der Waals surface area (Å²) in [6.45, 7) is 1.86. The molecule has 7 heteroatoms.